The lowest BCUT2D eigenvalue weighted by Crippen LogP contribution is -2.30. The standard InChI is InChI=1S/C66H124O6/c1-4-7-10-13-16-19-22-25-28-29-30-31-32-33-34-35-36-37-39-41-44-47-50-53-56-59-65(68)71-62-63(61-70-64(67)58-55-52-49-46-43-40-27-24-21-18-15-12-9-6-3)72-66(69)60-57-54-51-48-45-42-38-26-23-20-17-14-11-8-5-2/h17,20,26,38,63H,4-16,18-19,21-25,27-37,39-62H2,1-3H3/b20-17-,38-26-. The summed E-state index contributed by atoms with van der Waals surface area (Å²) in [5.74, 6) is -0.858. The van der Waals surface area contributed by atoms with Gasteiger partial charge >= 0.3 is 17.9 Å². The first-order valence-electron chi connectivity index (χ1n) is 32.3. The minimum atomic E-state index is -0.774. The third-order valence-electron chi connectivity index (χ3n) is 14.7. The third-order valence-corrected chi connectivity index (χ3v) is 14.7. The first-order chi connectivity index (χ1) is 35.5. The summed E-state index contributed by atoms with van der Waals surface area (Å²) in [5.41, 5.74) is 0. The summed E-state index contributed by atoms with van der Waals surface area (Å²) >= 11 is 0. The van der Waals surface area contributed by atoms with Crippen LogP contribution in [0.4, 0.5) is 0 Å². The largest absolute Gasteiger partial charge is 0.462 e. The van der Waals surface area contributed by atoms with Crippen LogP contribution in [0.1, 0.15) is 361 Å². The molecule has 0 aromatic heterocycles. The number of esters is 3. The molecule has 0 aliphatic carbocycles. The first-order valence-corrected chi connectivity index (χ1v) is 32.3. The van der Waals surface area contributed by atoms with Gasteiger partial charge in [-0.25, -0.2) is 0 Å². The van der Waals surface area contributed by atoms with Gasteiger partial charge in [0.15, 0.2) is 6.10 Å². The molecule has 0 aliphatic rings. The number of hydrogen-bond donors (Lipinski definition) is 0. The van der Waals surface area contributed by atoms with Crippen molar-refractivity contribution in [2.24, 2.45) is 0 Å². The summed E-state index contributed by atoms with van der Waals surface area (Å²) in [4.78, 5) is 38.3. The fourth-order valence-corrected chi connectivity index (χ4v) is 9.83. The summed E-state index contributed by atoms with van der Waals surface area (Å²) in [5, 5.41) is 0. The maximum atomic E-state index is 12.9. The molecule has 0 bridgehead atoms. The van der Waals surface area contributed by atoms with Crippen LogP contribution in [-0.2, 0) is 28.6 Å². The molecule has 6 heteroatoms. The van der Waals surface area contributed by atoms with E-state index < -0.39 is 6.10 Å². The molecule has 0 aromatic carbocycles. The number of unbranched alkanes of at least 4 members (excludes halogenated alkanes) is 45. The number of hydrogen-bond acceptors (Lipinski definition) is 6. The lowest BCUT2D eigenvalue weighted by molar-refractivity contribution is -0.167. The Bertz CT molecular complexity index is 1160. The van der Waals surface area contributed by atoms with Crippen molar-refractivity contribution in [2.45, 2.75) is 367 Å². The van der Waals surface area contributed by atoms with E-state index in [9.17, 15) is 14.4 Å². The molecule has 0 radical (unpaired) electrons. The van der Waals surface area contributed by atoms with Crippen molar-refractivity contribution in [1.82, 2.24) is 0 Å². The predicted octanol–water partition coefficient (Wildman–Crippen LogP) is 21.8. The molecule has 0 saturated heterocycles. The molecule has 0 saturated carbocycles. The van der Waals surface area contributed by atoms with E-state index in [0.717, 1.165) is 77.0 Å². The van der Waals surface area contributed by atoms with Crippen molar-refractivity contribution in [3.8, 4) is 0 Å². The minimum Gasteiger partial charge on any atom is -0.462 e. The van der Waals surface area contributed by atoms with Gasteiger partial charge in [-0.3, -0.25) is 14.4 Å². The second-order valence-corrected chi connectivity index (χ2v) is 22.0. The van der Waals surface area contributed by atoms with Gasteiger partial charge in [-0.05, 0) is 51.4 Å². The molecular formula is C66H124O6. The molecule has 6 nitrogen and oxygen atoms in total. The van der Waals surface area contributed by atoms with E-state index in [4.69, 9.17) is 14.2 Å². The second-order valence-electron chi connectivity index (χ2n) is 22.0. The van der Waals surface area contributed by atoms with Gasteiger partial charge in [-0.1, -0.05) is 315 Å². The summed E-state index contributed by atoms with van der Waals surface area (Å²) in [6.45, 7) is 6.67. The highest BCUT2D eigenvalue weighted by Crippen LogP contribution is 2.18. The molecule has 0 spiro atoms. The van der Waals surface area contributed by atoms with Crippen LogP contribution in [0.2, 0.25) is 0 Å². The van der Waals surface area contributed by atoms with Gasteiger partial charge in [-0.15, -0.1) is 0 Å². The van der Waals surface area contributed by atoms with E-state index in [0.29, 0.717) is 19.3 Å². The highest BCUT2D eigenvalue weighted by molar-refractivity contribution is 5.71. The quantitative estimate of drug-likeness (QED) is 0.0261. The molecule has 424 valence electrons. The van der Waals surface area contributed by atoms with Gasteiger partial charge in [0.05, 0.1) is 0 Å². The van der Waals surface area contributed by atoms with Crippen LogP contribution in [0.25, 0.3) is 0 Å². The molecule has 0 aliphatic heterocycles. The Morgan fingerprint density at radius 1 is 0.278 bits per heavy atom. The summed E-state index contributed by atoms with van der Waals surface area (Å²) in [7, 11) is 0. The van der Waals surface area contributed by atoms with Gasteiger partial charge in [-0.2, -0.15) is 0 Å². The van der Waals surface area contributed by atoms with E-state index in [-0.39, 0.29) is 31.1 Å². The SMILES string of the molecule is CCCCC/C=C\C/C=C\CCCCCCCC(=O)OC(COC(=O)CCCCCCCCCCCCCCCC)COC(=O)CCCCCCCCCCCCCCCCCCCCCCCCCCC. The van der Waals surface area contributed by atoms with Crippen LogP contribution in [-0.4, -0.2) is 37.2 Å². The molecule has 0 rings (SSSR count). The fraction of sp³-hybridized carbons (Fsp3) is 0.894. The maximum absolute atomic E-state index is 12.9. The zero-order valence-electron chi connectivity index (χ0n) is 48.7. The van der Waals surface area contributed by atoms with E-state index in [1.807, 2.05) is 0 Å². The van der Waals surface area contributed by atoms with Crippen molar-refractivity contribution in [1.29, 1.82) is 0 Å². The summed E-state index contributed by atoms with van der Waals surface area (Å²) in [6, 6.07) is 0. The van der Waals surface area contributed by atoms with E-state index >= 15 is 0 Å². The topological polar surface area (TPSA) is 78.9 Å². The number of allylic oxidation sites excluding steroid dienone is 4. The Balaban J connectivity index is 4.22. The number of rotatable bonds is 60. The lowest BCUT2D eigenvalue weighted by atomic mass is 10.0. The number of carbonyl (C=O) groups is 3. The van der Waals surface area contributed by atoms with Crippen LogP contribution in [0, 0.1) is 0 Å². The highest BCUT2D eigenvalue weighted by atomic mass is 16.6. The van der Waals surface area contributed by atoms with Crippen molar-refractivity contribution in [3.05, 3.63) is 24.3 Å². The average molecular weight is 1010 g/mol. The van der Waals surface area contributed by atoms with Crippen molar-refractivity contribution in [3.63, 3.8) is 0 Å². The number of ether oxygens (including phenoxy) is 3. The van der Waals surface area contributed by atoms with Gasteiger partial charge in [0.25, 0.3) is 0 Å². The smallest absolute Gasteiger partial charge is 0.306 e. The van der Waals surface area contributed by atoms with Crippen LogP contribution in [0.15, 0.2) is 24.3 Å². The Hall–Kier alpha value is -2.11. The number of carbonyl (C=O) groups excluding carboxylic acids is 3. The summed E-state index contributed by atoms with van der Waals surface area (Å²) in [6.07, 6.45) is 73.3. The zero-order valence-corrected chi connectivity index (χ0v) is 48.7. The predicted molar refractivity (Wildman–Crippen MR) is 312 cm³/mol. The molecule has 0 N–H and O–H groups in total. The van der Waals surface area contributed by atoms with Crippen LogP contribution in [0.3, 0.4) is 0 Å². The minimum absolute atomic E-state index is 0.0711. The monoisotopic (exact) mass is 1010 g/mol. The molecule has 0 amide bonds. The molecule has 0 aromatic rings. The lowest BCUT2D eigenvalue weighted by Gasteiger charge is -2.18. The fourth-order valence-electron chi connectivity index (χ4n) is 9.83. The molecule has 1 unspecified atom stereocenters. The van der Waals surface area contributed by atoms with E-state index in [1.54, 1.807) is 0 Å². The zero-order chi connectivity index (χ0) is 52.2. The van der Waals surface area contributed by atoms with Crippen LogP contribution < -0.4 is 0 Å². The Morgan fingerprint density at radius 3 is 0.792 bits per heavy atom. The molecular weight excluding hydrogens is 889 g/mol. The highest BCUT2D eigenvalue weighted by Gasteiger charge is 2.19. The van der Waals surface area contributed by atoms with Crippen molar-refractivity contribution < 1.29 is 28.6 Å². The molecule has 0 fully saturated rings. The third kappa shape index (κ3) is 58.8. The second kappa shape index (κ2) is 61.4. The Morgan fingerprint density at radius 2 is 0.500 bits per heavy atom. The van der Waals surface area contributed by atoms with Gasteiger partial charge in [0.1, 0.15) is 13.2 Å². The van der Waals surface area contributed by atoms with Gasteiger partial charge in [0.2, 0.25) is 0 Å². The van der Waals surface area contributed by atoms with Crippen LogP contribution >= 0.6 is 0 Å². The normalized spacial score (nSPS) is 12.1. The van der Waals surface area contributed by atoms with E-state index in [2.05, 4.69) is 45.1 Å². The van der Waals surface area contributed by atoms with Gasteiger partial charge < -0.3 is 14.2 Å². The molecule has 0 heterocycles. The Labute approximate surface area is 449 Å². The van der Waals surface area contributed by atoms with Crippen molar-refractivity contribution in [2.75, 3.05) is 13.2 Å². The average Bonchev–Trinajstić information content (AvgIpc) is 3.38. The maximum Gasteiger partial charge on any atom is 0.306 e. The van der Waals surface area contributed by atoms with Gasteiger partial charge in [0, 0.05) is 19.3 Å². The summed E-state index contributed by atoms with van der Waals surface area (Å²) < 4.78 is 16.9. The van der Waals surface area contributed by atoms with Crippen molar-refractivity contribution >= 4 is 17.9 Å². The Kier molecular flexibility index (Phi) is 59.6. The van der Waals surface area contributed by atoms with Crippen LogP contribution in [0.5, 0.6) is 0 Å². The molecule has 72 heavy (non-hydrogen) atoms. The first kappa shape index (κ1) is 69.9. The van der Waals surface area contributed by atoms with E-state index in [1.165, 1.54) is 244 Å². The molecule has 1 atom stereocenters.